The van der Waals surface area contributed by atoms with Crippen molar-refractivity contribution in [3.8, 4) is 0 Å². The third-order valence-corrected chi connectivity index (χ3v) is 4.86. The summed E-state index contributed by atoms with van der Waals surface area (Å²) in [5.74, 6) is -1.36. The van der Waals surface area contributed by atoms with Gasteiger partial charge in [0.05, 0.1) is 12.8 Å². The summed E-state index contributed by atoms with van der Waals surface area (Å²) in [4.78, 5) is 10.9. The highest BCUT2D eigenvalue weighted by atomic mass is 32.2. The largest absolute Gasteiger partial charge is 0.478 e. The molecular weight excluding hydrogens is 262 g/mol. The molecule has 2 heterocycles. The van der Waals surface area contributed by atoms with Gasteiger partial charge in [-0.15, -0.1) is 0 Å². The molecule has 1 aromatic rings. The Hall–Kier alpha value is -1.45. The van der Waals surface area contributed by atoms with E-state index < -0.39 is 32.6 Å². The van der Waals surface area contributed by atoms with Crippen LogP contribution in [0, 0.1) is 0 Å². The highest BCUT2D eigenvalue weighted by Gasteiger charge is 2.38. The van der Waals surface area contributed by atoms with Crippen molar-refractivity contribution in [2.45, 2.75) is 23.9 Å². The maximum Gasteiger partial charge on any atom is 0.340 e. The van der Waals surface area contributed by atoms with E-state index in [0.29, 0.717) is 12.8 Å². The summed E-state index contributed by atoms with van der Waals surface area (Å²) < 4.78 is 25.7. The molecule has 8 nitrogen and oxygen atoms in total. The summed E-state index contributed by atoms with van der Waals surface area (Å²) >= 11 is 0. The van der Waals surface area contributed by atoms with E-state index >= 15 is 0 Å². The number of aromatic carboxylic acids is 1. The van der Waals surface area contributed by atoms with Crippen LogP contribution >= 0.6 is 0 Å². The first-order valence-corrected chi connectivity index (χ1v) is 6.82. The molecule has 9 heteroatoms. The van der Waals surface area contributed by atoms with Crippen molar-refractivity contribution in [1.82, 2.24) is 14.5 Å². The molecule has 1 aromatic heterocycles. The van der Waals surface area contributed by atoms with E-state index in [4.69, 9.17) is 10.2 Å². The predicted octanol–water partition coefficient (Wildman–Crippen LogP) is -0.747. The number of rotatable bonds is 4. The first kappa shape index (κ1) is 13.0. The van der Waals surface area contributed by atoms with Crippen LogP contribution in [0.5, 0.6) is 0 Å². The van der Waals surface area contributed by atoms with Gasteiger partial charge in [-0.25, -0.2) is 13.2 Å². The fraction of sp³-hybridized carbons (Fsp3) is 0.556. The molecule has 18 heavy (non-hydrogen) atoms. The second-order valence-corrected chi connectivity index (χ2v) is 5.84. The minimum Gasteiger partial charge on any atom is -0.478 e. The maximum absolute atomic E-state index is 12.3. The molecule has 1 atom stereocenters. The summed E-state index contributed by atoms with van der Waals surface area (Å²) in [5, 5.41) is 23.2. The molecule has 0 aliphatic carbocycles. The Labute approximate surface area is 103 Å². The number of aliphatic hydroxyl groups excluding tert-OH is 1. The van der Waals surface area contributed by atoms with Gasteiger partial charge in [0.25, 0.3) is 10.0 Å². The van der Waals surface area contributed by atoms with Crippen LogP contribution in [-0.2, 0) is 10.0 Å². The summed E-state index contributed by atoms with van der Waals surface area (Å²) in [7, 11) is -3.96. The first-order valence-electron chi connectivity index (χ1n) is 5.38. The number of hydrogen-bond acceptors (Lipinski definition) is 5. The molecule has 1 saturated heterocycles. The minimum atomic E-state index is -3.96. The lowest BCUT2D eigenvalue weighted by Crippen LogP contribution is -2.38. The van der Waals surface area contributed by atoms with E-state index in [1.807, 2.05) is 0 Å². The number of hydrogen-bond donors (Lipinski definition) is 3. The molecule has 0 radical (unpaired) electrons. The lowest BCUT2D eigenvalue weighted by Gasteiger charge is -2.21. The van der Waals surface area contributed by atoms with Gasteiger partial charge < -0.3 is 10.2 Å². The molecule has 1 aliphatic rings. The lowest BCUT2D eigenvalue weighted by molar-refractivity contribution is 0.0692. The second kappa shape index (κ2) is 4.67. The topological polar surface area (TPSA) is 124 Å². The Bertz CT molecular complexity index is 552. The molecule has 0 unspecified atom stereocenters. The summed E-state index contributed by atoms with van der Waals surface area (Å²) in [6.07, 6.45) is 2.16. The van der Waals surface area contributed by atoms with Gasteiger partial charge in [0.1, 0.15) is 5.56 Å². The van der Waals surface area contributed by atoms with Gasteiger partial charge in [0.15, 0.2) is 5.03 Å². The zero-order chi connectivity index (χ0) is 13.3. The fourth-order valence-electron chi connectivity index (χ4n) is 2.05. The van der Waals surface area contributed by atoms with Crippen LogP contribution in [0.3, 0.4) is 0 Å². The number of aromatic nitrogens is 2. The highest BCUT2D eigenvalue weighted by Crippen LogP contribution is 2.26. The molecule has 0 saturated carbocycles. The smallest absolute Gasteiger partial charge is 0.340 e. The predicted molar refractivity (Wildman–Crippen MR) is 59.5 cm³/mol. The Morgan fingerprint density at radius 1 is 1.61 bits per heavy atom. The van der Waals surface area contributed by atoms with E-state index in [9.17, 15) is 13.2 Å². The Kier molecular flexibility index (Phi) is 3.37. The van der Waals surface area contributed by atoms with Crippen molar-refractivity contribution in [2.24, 2.45) is 0 Å². The van der Waals surface area contributed by atoms with Gasteiger partial charge in [-0.1, -0.05) is 0 Å². The van der Waals surface area contributed by atoms with Crippen LogP contribution in [0.2, 0.25) is 0 Å². The maximum atomic E-state index is 12.3. The molecule has 0 bridgehead atoms. The van der Waals surface area contributed by atoms with Crippen molar-refractivity contribution in [2.75, 3.05) is 13.2 Å². The normalized spacial score (nSPS) is 21.3. The van der Waals surface area contributed by atoms with Crippen LogP contribution in [0.25, 0.3) is 0 Å². The second-order valence-electron chi connectivity index (χ2n) is 4.01. The number of aliphatic hydroxyl groups is 1. The van der Waals surface area contributed by atoms with Gasteiger partial charge >= 0.3 is 5.97 Å². The standard InChI is InChI=1S/C9H13N3O5S/c13-5-6-2-1-3-12(6)18(16,17)8-7(9(14)15)4-10-11-8/h4,6,13H,1-3,5H2,(H,10,11)(H,14,15)/t6-/m0/s1. The molecule has 3 N–H and O–H groups in total. The highest BCUT2D eigenvalue weighted by molar-refractivity contribution is 7.89. The van der Waals surface area contributed by atoms with Crippen molar-refractivity contribution in [3.63, 3.8) is 0 Å². The Balaban J connectivity index is 2.42. The van der Waals surface area contributed by atoms with Crippen molar-refractivity contribution in [3.05, 3.63) is 11.8 Å². The average Bonchev–Trinajstić information content (AvgIpc) is 2.98. The quantitative estimate of drug-likeness (QED) is 0.664. The number of H-pyrrole nitrogens is 1. The van der Waals surface area contributed by atoms with Crippen molar-refractivity contribution >= 4 is 16.0 Å². The first-order chi connectivity index (χ1) is 8.48. The number of nitrogens with zero attached hydrogens (tertiary/aromatic N) is 2. The molecular formula is C9H13N3O5S. The third-order valence-electron chi connectivity index (χ3n) is 2.94. The SMILES string of the molecule is O=C(O)c1cn[nH]c1S(=O)(=O)N1CCC[C@H]1CO. The molecule has 100 valence electrons. The zero-order valence-corrected chi connectivity index (χ0v) is 10.2. The number of sulfonamides is 1. The lowest BCUT2D eigenvalue weighted by atomic mass is 10.2. The van der Waals surface area contributed by atoms with E-state index in [-0.39, 0.29) is 13.2 Å². The van der Waals surface area contributed by atoms with Crippen LogP contribution in [0.15, 0.2) is 11.2 Å². The fourth-order valence-corrected chi connectivity index (χ4v) is 3.80. The van der Waals surface area contributed by atoms with Gasteiger partial charge in [-0.05, 0) is 12.8 Å². The van der Waals surface area contributed by atoms with Gasteiger partial charge in [-0.2, -0.15) is 9.40 Å². The van der Waals surface area contributed by atoms with Crippen LogP contribution in [0.4, 0.5) is 0 Å². The third kappa shape index (κ3) is 2.00. The number of aromatic amines is 1. The number of carboxylic acids is 1. The summed E-state index contributed by atoms with van der Waals surface area (Å²) in [6.45, 7) is -0.0125. The Morgan fingerprint density at radius 3 is 2.94 bits per heavy atom. The van der Waals surface area contributed by atoms with Gasteiger partial charge in [-0.3, -0.25) is 5.10 Å². The molecule has 0 aromatic carbocycles. The van der Waals surface area contributed by atoms with Crippen molar-refractivity contribution in [1.29, 1.82) is 0 Å². The molecule has 1 fully saturated rings. The number of carbonyl (C=O) groups is 1. The van der Waals surface area contributed by atoms with E-state index in [2.05, 4.69) is 10.2 Å². The van der Waals surface area contributed by atoms with Crippen LogP contribution in [-0.4, -0.2) is 58.3 Å². The van der Waals surface area contributed by atoms with E-state index in [1.165, 1.54) is 0 Å². The van der Waals surface area contributed by atoms with Crippen LogP contribution < -0.4 is 0 Å². The van der Waals surface area contributed by atoms with E-state index in [0.717, 1.165) is 10.5 Å². The van der Waals surface area contributed by atoms with E-state index in [1.54, 1.807) is 0 Å². The van der Waals surface area contributed by atoms with Gasteiger partial charge in [0.2, 0.25) is 0 Å². The molecule has 2 rings (SSSR count). The van der Waals surface area contributed by atoms with Crippen molar-refractivity contribution < 1.29 is 23.4 Å². The summed E-state index contributed by atoms with van der Waals surface area (Å²) in [6, 6.07) is -0.500. The monoisotopic (exact) mass is 275 g/mol. The molecule has 0 amide bonds. The average molecular weight is 275 g/mol. The molecule has 1 aliphatic heterocycles. The zero-order valence-electron chi connectivity index (χ0n) is 9.40. The number of nitrogens with one attached hydrogen (secondary N) is 1. The molecule has 0 spiro atoms. The Morgan fingerprint density at radius 2 is 2.33 bits per heavy atom. The minimum absolute atomic E-state index is 0.269. The number of carboxylic acid groups (broad SMARTS) is 1. The van der Waals surface area contributed by atoms with Crippen LogP contribution in [0.1, 0.15) is 23.2 Å². The van der Waals surface area contributed by atoms with Gasteiger partial charge in [0, 0.05) is 12.6 Å². The summed E-state index contributed by atoms with van der Waals surface area (Å²) in [5.41, 5.74) is -0.390.